The minimum atomic E-state index is 0.512. The van der Waals surface area contributed by atoms with Gasteiger partial charge >= 0.3 is 0 Å². The molecule has 2 aliphatic heterocycles. The third-order valence-corrected chi connectivity index (χ3v) is 4.48. The number of rotatable bonds is 6. The van der Waals surface area contributed by atoms with E-state index in [0.29, 0.717) is 12.0 Å². The van der Waals surface area contributed by atoms with Gasteiger partial charge in [-0.3, -0.25) is 4.90 Å². The van der Waals surface area contributed by atoms with Crippen molar-refractivity contribution in [2.75, 3.05) is 39.3 Å². The normalized spacial score (nSPS) is 22.3. The second-order valence-corrected chi connectivity index (χ2v) is 7.14. The second kappa shape index (κ2) is 9.81. The zero-order valence-electron chi connectivity index (χ0n) is 15.3. The summed E-state index contributed by atoms with van der Waals surface area (Å²) in [5.74, 6) is 1.58. The van der Waals surface area contributed by atoms with E-state index in [-0.39, 0.29) is 0 Å². The minimum absolute atomic E-state index is 0.512. The summed E-state index contributed by atoms with van der Waals surface area (Å²) in [6.45, 7) is 20.2. The lowest BCUT2D eigenvalue weighted by atomic mass is 9.94. The van der Waals surface area contributed by atoms with Gasteiger partial charge in [0.1, 0.15) is 0 Å². The summed E-state index contributed by atoms with van der Waals surface area (Å²) in [6, 6.07) is 0.721. The van der Waals surface area contributed by atoms with E-state index < -0.39 is 0 Å². The Balaban J connectivity index is 0.00000106. The van der Waals surface area contributed by atoms with Crippen molar-refractivity contribution < 1.29 is 4.74 Å². The highest BCUT2D eigenvalue weighted by Crippen LogP contribution is 2.23. The molecule has 0 aromatic carbocycles. The number of ether oxygens (including phenoxy) is 1. The molecule has 0 aromatic rings. The van der Waals surface area contributed by atoms with Gasteiger partial charge in [0.05, 0.1) is 6.10 Å². The van der Waals surface area contributed by atoms with Crippen LogP contribution < -0.4 is 0 Å². The molecule has 21 heavy (non-hydrogen) atoms. The van der Waals surface area contributed by atoms with Crippen LogP contribution in [0.3, 0.4) is 0 Å². The quantitative estimate of drug-likeness (QED) is 0.746. The fraction of sp³-hybridized carbons (Fsp3) is 1.00. The van der Waals surface area contributed by atoms with Gasteiger partial charge in [-0.2, -0.15) is 0 Å². The van der Waals surface area contributed by atoms with E-state index in [1.165, 1.54) is 32.5 Å². The standard InChI is InChI=1S/C16H32N2O.C2H6/c1-13(2)12-19-16-10-17(11-16)9-15-5-7-18(8-6-15)14(3)4;1-2/h13-16H,5-12H2,1-4H3;1-2H3. The van der Waals surface area contributed by atoms with Gasteiger partial charge < -0.3 is 9.64 Å². The predicted molar refractivity (Wildman–Crippen MR) is 91.8 cm³/mol. The molecule has 126 valence electrons. The van der Waals surface area contributed by atoms with Crippen LogP contribution in [0.25, 0.3) is 0 Å². The Morgan fingerprint density at radius 1 is 1.00 bits per heavy atom. The summed E-state index contributed by atoms with van der Waals surface area (Å²) in [5.41, 5.74) is 0. The number of hydrogen-bond acceptors (Lipinski definition) is 3. The average Bonchev–Trinajstić information content (AvgIpc) is 2.43. The van der Waals surface area contributed by atoms with Crippen molar-refractivity contribution >= 4 is 0 Å². The monoisotopic (exact) mass is 298 g/mol. The van der Waals surface area contributed by atoms with Crippen LogP contribution in [0, 0.1) is 11.8 Å². The summed E-state index contributed by atoms with van der Waals surface area (Å²) in [7, 11) is 0. The first kappa shape index (κ1) is 18.9. The molecule has 2 rings (SSSR count). The maximum atomic E-state index is 5.86. The Labute approximate surface area is 133 Å². The molecule has 2 aliphatic rings. The van der Waals surface area contributed by atoms with E-state index >= 15 is 0 Å². The topological polar surface area (TPSA) is 15.7 Å². The van der Waals surface area contributed by atoms with Crippen LogP contribution in [0.15, 0.2) is 0 Å². The van der Waals surface area contributed by atoms with Gasteiger partial charge in [-0.1, -0.05) is 27.7 Å². The van der Waals surface area contributed by atoms with Crippen molar-refractivity contribution in [1.82, 2.24) is 9.80 Å². The van der Waals surface area contributed by atoms with Crippen molar-refractivity contribution in [2.24, 2.45) is 11.8 Å². The van der Waals surface area contributed by atoms with Gasteiger partial charge in [-0.15, -0.1) is 0 Å². The van der Waals surface area contributed by atoms with Gasteiger partial charge in [0, 0.05) is 32.3 Å². The molecule has 2 fully saturated rings. The SMILES string of the molecule is CC.CC(C)COC1CN(CC2CCN(C(C)C)CC2)C1. The summed E-state index contributed by atoms with van der Waals surface area (Å²) in [6.07, 6.45) is 3.27. The second-order valence-electron chi connectivity index (χ2n) is 7.14. The molecule has 0 saturated carbocycles. The molecule has 0 atom stereocenters. The van der Waals surface area contributed by atoms with Crippen LogP contribution in [0.2, 0.25) is 0 Å². The summed E-state index contributed by atoms with van der Waals surface area (Å²) in [4.78, 5) is 5.20. The highest BCUT2D eigenvalue weighted by Gasteiger charge is 2.30. The van der Waals surface area contributed by atoms with Crippen LogP contribution >= 0.6 is 0 Å². The zero-order chi connectivity index (χ0) is 15.8. The number of hydrogen-bond donors (Lipinski definition) is 0. The van der Waals surface area contributed by atoms with Crippen LogP contribution in [-0.2, 0) is 4.74 Å². The fourth-order valence-electron chi connectivity index (χ4n) is 3.12. The van der Waals surface area contributed by atoms with Crippen LogP contribution in [-0.4, -0.2) is 61.3 Å². The Kier molecular flexibility index (Phi) is 8.84. The lowest BCUT2D eigenvalue weighted by Gasteiger charge is -2.43. The molecule has 0 spiro atoms. The van der Waals surface area contributed by atoms with Gasteiger partial charge in [0.15, 0.2) is 0 Å². The summed E-state index contributed by atoms with van der Waals surface area (Å²) < 4.78 is 5.86. The lowest BCUT2D eigenvalue weighted by Crippen LogP contribution is -2.54. The lowest BCUT2D eigenvalue weighted by molar-refractivity contribution is -0.0697. The molecular weight excluding hydrogens is 260 g/mol. The highest BCUT2D eigenvalue weighted by atomic mass is 16.5. The van der Waals surface area contributed by atoms with Crippen LogP contribution in [0.4, 0.5) is 0 Å². The van der Waals surface area contributed by atoms with E-state index in [2.05, 4.69) is 37.5 Å². The molecule has 0 N–H and O–H groups in total. The maximum Gasteiger partial charge on any atom is 0.0828 e. The Morgan fingerprint density at radius 3 is 2.05 bits per heavy atom. The number of piperidine rings is 1. The molecule has 0 aromatic heterocycles. The van der Waals surface area contributed by atoms with Gasteiger partial charge in [-0.05, 0) is 51.6 Å². The van der Waals surface area contributed by atoms with Gasteiger partial charge in [-0.25, -0.2) is 0 Å². The van der Waals surface area contributed by atoms with Crippen molar-refractivity contribution in [3.05, 3.63) is 0 Å². The molecule has 0 unspecified atom stereocenters. The molecule has 0 radical (unpaired) electrons. The van der Waals surface area contributed by atoms with Crippen LogP contribution in [0.5, 0.6) is 0 Å². The molecule has 2 saturated heterocycles. The first-order chi connectivity index (χ1) is 10.0. The van der Waals surface area contributed by atoms with Crippen molar-refractivity contribution in [3.63, 3.8) is 0 Å². The molecule has 3 nitrogen and oxygen atoms in total. The van der Waals surface area contributed by atoms with E-state index in [1.807, 2.05) is 13.8 Å². The largest absolute Gasteiger partial charge is 0.375 e. The molecule has 0 amide bonds. The summed E-state index contributed by atoms with van der Waals surface area (Å²) in [5, 5.41) is 0. The molecule has 0 bridgehead atoms. The van der Waals surface area contributed by atoms with Crippen molar-refractivity contribution in [1.29, 1.82) is 0 Å². The molecule has 0 aliphatic carbocycles. The predicted octanol–water partition coefficient (Wildman–Crippen LogP) is 3.49. The zero-order valence-corrected chi connectivity index (χ0v) is 15.3. The Morgan fingerprint density at radius 2 is 1.57 bits per heavy atom. The minimum Gasteiger partial charge on any atom is -0.375 e. The average molecular weight is 299 g/mol. The first-order valence-electron chi connectivity index (χ1n) is 9.12. The van der Waals surface area contributed by atoms with Gasteiger partial charge in [0.2, 0.25) is 0 Å². The molecule has 2 heterocycles. The Bertz CT molecular complexity index is 254. The number of likely N-dealkylation sites (tertiary alicyclic amines) is 2. The van der Waals surface area contributed by atoms with E-state index in [1.54, 1.807) is 0 Å². The third-order valence-electron chi connectivity index (χ3n) is 4.48. The Hall–Kier alpha value is -0.120. The third kappa shape index (κ3) is 6.66. The van der Waals surface area contributed by atoms with Crippen LogP contribution in [0.1, 0.15) is 54.4 Å². The number of nitrogens with zero attached hydrogens (tertiary/aromatic N) is 2. The van der Waals surface area contributed by atoms with E-state index in [9.17, 15) is 0 Å². The van der Waals surface area contributed by atoms with Gasteiger partial charge in [0.25, 0.3) is 0 Å². The van der Waals surface area contributed by atoms with E-state index in [4.69, 9.17) is 4.74 Å². The smallest absolute Gasteiger partial charge is 0.0828 e. The van der Waals surface area contributed by atoms with Crippen molar-refractivity contribution in [3.8, 4) is 0 Å². The highest BCUT2D eigenvalue weighted by molar-refractivity contribution is 4.84. The summed E-state index contributed by atoms with van der Waals surface area (Å²) >= 11 is 0. The van der Waals surface area contributed by atoms with E-state index in [0.717, 1.165) is 31.7 Å². The molecule has 3 heteroatoms. The van der Waals surface area contributed by atoms with Crippen molar-refractivity contribution in [2.45, 2.75) is 66.5 Å². The maximum absolute atomic E-state index is 5.86. The fourth-order valence-corrected chi connectivity index (χ4v) is 3.12. The molecular formula is C18H38N2O. The first-order valence-corrected chi connectivity index (χ1v) is 9.12.